The van der Waals surface area contributed by atoms with Crippen LogP contribution in [0.15, 0.2) is 249 Å². The predicted molar refractivity (Wildman–Crippen MR) is 261 cm³/mol. The van der Waals surface area contributed by atoms with Crippen LogP contribution in [0.4, 0.5) is 17.1 Å². The van der Waals surface area contributed by atoms with Crippen molar-refractivity contribution in [1.29, 1.82) is 0 Å². The standard InChI is InChI=1S/C60H41N/c1-2-12-46(13-3-1)59-41-34-47-16-6-9-21-58(47)60(59)50-32-39-53(40-33-50)61(52-37-30-49(31-38-52)57-23-11-18-45-15-5-8-20-55(45)57)51-35-28-43(29-36-51)42-24-26-48(27-25-42)56-22-10-17-44-14-4-7-19-54(44)56/h1-41H. The largest absolute Gasteiger partial charge is 0.311 e. The Balaban J connectivity index is 0.976. The first kappa shape index (κ1) is 36.1. The predicted octanol–water partition coefficient (Wildman–Crippen LogP) is 17.0. The molecule has 0 unspecified atom stereocenters. The smallest absolute Gasteiger partial charge is 0.0462 e. The fraction of sp³-hybridized carbons (Fsp3) is 0. The van der Waals surface area contributed by atoms with Gasteiger partial charge in [0.25, 0.3) is 0 Å². The van der Waals surface area contributed by atoms with Gasteiger partial charge in [-0.15, -0.1) is 0 Å². The van der Waals surface area contributed by atoms with Crippen LogP contribution in [-0.2, 0) is 0 Å². The van der Waals surface area contributed by atoms with Gasteiger partial charge >= 0.3 is 0 Å². The molecule has 0 aliphatic rings. The summed E-state index contributed by atoms with van der Waals surface area (Å²) in [7, 11) is 0. The van der Waals surface area contributed by atoms with Crippen molar-refractivity contribution in [2.75, 3.05) is 4.90 Å². The Morgan fingerprint density at radius 3 is 1.08 bits per heavy atom. The molecule has 286 valence electrons. The van der Waals surface area contributed by atoms with Crippen LogP contribution in [-0.4, -0.2) is 0 Å². The molecule has 1 nitrogen and oxygen atoms in total. The summed E-state index contributed by atoms with van der Waals surface area (Å²) in [5.74, 6) is 0. The first-order chi connectivity index (χ1) is 30.2. The van der Waals surface area contributed by atoms with E-state index in [0.717, 1.165) is 17.1 Å². The molecule has 0 bridgehead atoms. The van der Waals surface area contributed by atoms with Gasteiger partial charge in [0, 0.05) is 17.1 Å². The van der Waals surface area contributed by atoms with Crippen molar-refractivity contribution < 1.29 is 0 Å². The highest BCUT2D eigenvalue weighted by atomic mass is 15.1. The normalized spacial score (nSPS) is 11.3. The summed E-state index contributed by atoms with van der Waals surface area (Å²) in [4.78, 5) is 2.37. The highest BCUT2D eigenvalue weighted by Gasteiger charge is 2.17. The van der Waals surface area contributed by atoms with Crippen LogP contribution in [0.25, 0.3) is 88.0 Å². The van der Waals surface area contributed by atoms with Gasteiger partial charge in [0.05, 0.1) is 0 Å². The van der Waals surface area contributed by atoms with Gasteiger partial charge in [0.1, 0.15) is 0 Å². The van der Waals surface area contributed by atoms with Crippen molar-refractivity contribution in [3.05, 3.63) is 249 Å². The minimum atomic E-state index is 1.09. The molecule has 0 aliphatic carbocycles. The van der Waals surface area contributed by atoms with Gasteiger partial charge in [0.2, 0.25) is 0 Å². The topological polar surface area (TPSA) is 3.24 Å². The molecular formula is C60H41N. The lowest BCUT2D eigenvalue weighted by Gasteiger charge is -2.26. The van der Waals surface area contributed by atoms with Gasteiger partial charge in [-0.05, 0) is 124 Å². The van der Waals surface area contributed by atoms with Crippen LogP contribution < -0.4 is 4.90 Å². The average molecular weight is 776 g/mol. The maximum absolute atomic E-state index is 2.37. The molecule has 0 radical (unpaired) electrons. The maximum Gasteiger partial charge on any atom is 0.0462 e. The van der Waals surface area contributed by atoms with Gasteiger partial charge < -0.3 is 4.90 Å². The van der Waals surface area contributed by atoms with Crippen molar-refractivity contribution in [2.24, 2.45) is 0 Å². The Bertz CT molecular complexity index is 3300. The second kappa shape index (κ2) is 15.6. The molecule has 0 aliphatic heterocycles. The molecule has 0 amide bonds. The van der Waals surface area contributed by atoms with Crippen molar-refractivity contribution in [1.82, 2.24) is 0 Å². The monoisotopic (exact) mass is 775 g/mol. The second-order valence-electron chi connectivity index (χ2n) is 15.7. The summed E-state index contributed by atoms with van der Waals surface area (Å²) in [6, 6.07) is 90.3. The Labute approximate surface area is 357 Å². The first-order valence-electron chi connectivity index (χ1n) is 21.0. The summed E-state index contributed by atoms with van der Waals surface area (Å²) in [6.45, 7) is 0. The van der Waals surface area contributed by atoms with Crippen molar-refractivity contribution in [3.8, 4) is 55.6 Å². The van der Waals surface area contributed by atoms with Crippen LogP contribution in [0.1, 0.15) is 0 Å². The summed E-state index contributed by atoms with van der Waals surface area (Å²) >= 11 is 0. The number of hydrogen-bond acceptors (Lipinski definition) is 1. The lowest BCUT2D eigenvalue weighted by atomic mass is 9.89. The number of nitrogens with zero attached hydrogens (tertiary/aromatic N) is 1. The third kappa shape index (κ3) is 6.83. The number of fused-ring (bicyclic) bond motifs is 3. The molecule has 11 aromatic rings. The fourth-order valence-electron chi connectivity index (χ4n) is 9.05. The van der Waals surface area contributed by atoms with Gasteiger partial charge in [-0.25, -0.2) is 0 Å². The zero-order chi connectivity index (χ0) is 40.5. The van der Waals surface area contributed by atoms with E-state index in [1.807, 2.05) is 0 Å². The molecular weight excluding hydrogens is 735 g/mol. The lowest BCUT2D eigenvalue weighted by Crippen LogP contribution is -2.09. The molecule has 0 N–H and O–H groups in total. The third-order valence-corrected chi connectivity index (χ3v) is 12.1. The van der Waals surface area contributed by atoms with E-state index < -0.39 is 0 Å². The Morgan fingerprint density at radius 2 is 0.557 bits per heavy atom. The molecule has 11 aromatic carbocycles. The molecule has 61 heavy (non-hydrogen) atoms. The van der Waals surface area contributed by atoms with E-state index in [1.54, 1.807) is 0 Å². The molecule has 0 spiro atoms. The Kier molecular flexibility index (Phi) is 9.26. The molecule has 0 aromatic heterocycles. The molecule has 11 rings (SSSR count). The Hall–Kier alpha value is -8.00. The van der Waals surface area contributed by atoms with E-state index in [2.05, 4.69) is 254 Å². The van der Waals surface area contributed by atoms with Crippen molar-refractivity contribution >= 4 is 49.4 Å². The summed E-state index contributed by atoms with van der Waals surface area (Å²) < 4.78 is 0. The van der Waals surface area contributed by atoms with Gasteiger partial charge in [0.15, 0.2) is 0 Å². The quantitative estimate of drug-likeness (QED) is 0.149. The van der Waals surface area contributed by atoms with Gasteiger partial charge in [-0.1, -0.05) is 212 Å². The maximum atomic E-state index is 2.37. The number of hydrogen-bond donors (Lipinski definition) is 0. The van der Waals surface area contributed by atoms with Crippen LogP contribution in [0.3, 0.4) is 0 Å². The Morgan fingerprint density at radius 1 is 0.197 bits per heavy atom. The van der Waals surface area contributed by atoms with Gasteiger partial charge in [-0.3, -0.25) is 0 Å². The molecule has 0 saturated heterocycles. The molecule has 0 heterocycles. The van der Waals surface area contributed by atoms with Gasteiger partial charge in [-0.2, -0.15) is 0 Å². The fourth-order valence-corrected chi connectivity index (χ4v) is 9.05. The first-order valence-corrected chi connectivity index (χ1v) is 21.0. The van der Waals surface area contributed by atoms with E-state index in [0.29, 0.717) is 0 Å². The minimum Gasteiger partial charge on any atom is -0.311 e. The van der Waals surface area contributed by atoms with E-state index in [9.17, 15) is 0 Å². The molecule has 0 saturated carbocycles. The van der Waals surface area contributed by atoms with E-state index >= 15 is 0 Å². The zero-order valence-electron chi connectivity index (χ0n) is 33.6. The molecule has 1 heteroatoms. The third-order valence-electron chi connectivity index (χ3n) is 12.1. The van der Waals surface area contributed by atoms with Crippen LogP contribution in [0, 0.1) is 0 Å². The van der Waals surface area contributed by atoms with Crippen molar-refractivity contribution in [3.63, 3.8) is 0 Å². The number of benzene rings is 11. The summed E-state index contributed by atoms with van der Waals surface area (Å²) in [6.07, 6.45) is 0. The minimum absolute atomic E-state index is 1.09. The highest BCUT2D eigenvalue weighted by Crippen LogP contribution is 2.42. The summed E-state index contributed by atoms with van der Waals surface area (Å²) in [5, 5.41) is 7.52. The average Bonchev–Trinajstić information content (AvgIpc) is 3.34. The lowest BCUT2D eigenvalue weighted by molar-refractivity contribution is 1.28. The highest BCUT2D eigenvalue weighted by molar-refractivity contribution is 6.04. The number of anilines is 3. The van der Waals surface area contributed by atoms with Crippen LogP contribution in [0.2, 0.25) is 0 Å². The zero-order valence-corrected chi connectivity index (χ0v) is 33.6. The van der Waals surface area contributed by atoms with E-state index in [-0.39, 0.29) is 0 Å². The van der Waals surface area contributed by atoms with E-state index in [4.69, 9.17) is 0 Å². The summed E-state index contributed by atoms with van der Waals surface area (Å²) in [5.41, 5.74) is 15.4. The molecule has 0 atom stereocenters. The van der Waals surface area contributed by atoms with Crippen LogP contribution in [0.5, 0.6) is 0 Å². The van der Waals surface area contributed by atoms with Crippen molar-refractivity contribution in [2.45, 2.75) is 0 Å². The van der Waals surface area contributed by atoms with E-state index in [1.165, 1.54) is 88.0 Å². The number of rotatable bonds is 8. The van der Waals surface area contributed by atoms with Crippen LogP contribution >= 0.6 is 0 Å². The second-order valence-corrected chi connectivity index (χ2v) is 15.7. The SMILES string of the molecule is c1ccc(-c2ccc3ccccc3c2-c2ccc(N(c3ccc(-c4ccc(-c5cccc6ccccc56)cc4)cc3)c3ccc(-c4cccc5ccccc45)cc3)cc2)cc1. The molecule has 0 fully saturated rings.